The van der Waals surface area contributed by atoms with Crippen LogP contribution in [-0.4, -0.2) is 21.3 Å². The first kappa shape index (κ1) is 12.4. The van der Waals surface area contributed by atoms with Crippen LogP contribution in [-0.2, 0) is 14.9 Å². The molecular weight excluding hydrogens is 240 g/mol. The lowest BCUT2D eigenvalue weighted by atomic mass is 10.0. The molecule has 4 nitrogen and oxygen atoms in total. The minimum Gasteiger partial charge on any atom is -0.382 e. The molecule has 1 aromatic rings. The smallest absolute Gasteiger partial charge is 0.306 e. The maximum absolute atomic E-state index is 11.2. The molecule has 5 heteroatoms. The molecule has 2 rings (SSSR count). The highest BCUT2D eigenvalue weighted by Gasteiger charge is 2.22. The average Bonchev–Trinajstić information content (AvgIpc) is 2.68. The number of benzene rings is 1. The average molecular weight is 256 g/mol. The third kappa shape index (κ3) is 3.20. The molecule has 17 heavy (non-hydrogen) atoms. The molecule has 1 aliphatic heterocycles. The van der Waals surface area contributed by atoms with Crippen molar-refractivity contribution in [1.82, 2.24) is 0 Å². The fourth-order valence-electron chi connectivity index (χ4n) is 1.97. The SMILES string of the molecule is Cc1ccc(C2CCCO2)c(OS(C)(=O)=O)c1. The number of ether oxygens (including phenoxy) is 1. The minimum atomic E-state index is -3.50. The molecule has 1 heterocycles. The van der Waals surface area contributed by atoms with Gasteiger partial charge in [-0.25, -0.2) is 0 Å². The highest BCUT2D eigenvalue weighted by atomic mass is 32.2. The van der Waals surface area contributed by atoms with E-state index in [1.807, 2.05) is 19.1 Å². The van der Waals surface area contributed by atoms with Crippen LogP contribution in [0.4, 0.5) is 0 Å². The van der Waals surface area contributed by atoms with Crippen LogP contribution >= 0.6 is 0 Å². The predicted octanol–water partition coefficient (Wildman–Crippen LogP) is 2.18. The van der Waals surface area contributed by atoms with Crippen LogP contribution in [0.1, 0.15) is 30.1 Å². The van der Waals surface area contributed by atoms with E-state index in [1.165, 1.54) is 0 Å². The number of rotatable bonds is 3. The van der Waals surface area contributed by atoms with E-state index in [0.717, 1.165) is 36.8 Å². The van der Waals surface area contributed by atoms with Gasteiger partial charge in [0, 0.05) is 12.2 Å². The van der Waals surface area contributed by atoms with Gasteiger partial charge in [-0.2, -0.15) is 8.42 Å². The van der Waals surface area contributed by atoms with E-state index in [9.17, 15) is 8.42 Å². The standard InChI is InChI=1S/C12H16O4S/c1-9-5-6-10(11-4-3-7-15-11)12(8-9)16-17(2,13)14/h5-6,8,11H,3-4,7H2,1-2H3. The fraction of sp³-hybridized carbons (Fsp3) is 0.500. The third-order valence-corrected chi connectivity index (χ3v) is 3.17. The molecule has 1 saturated heterocycles. The summed E-state index contributed by atoms with van der Waals surface area (Å²) in [5, 5.41) is 0. The molecule has 1 fully saturated rings. The molecule has 1 unspecified atom stereocenters. The second-order valence-corrected chi connectivity index (χ2v) is 5.91. The van der Waals surface area contributed by atoms with Crippen LogP contribution < -0.4 is 4.18 Å². The van der Waals surface area contributed by atoms with Crippen LogP contribution in [0.15, 0.2) is 18.2 Å². The fourth-order valence-corrected chi connectivity index (χ4v) is 2.44. The summed E-state index contributed by atoms with van der Waals surface area (Å²) in [6, 6.07) is 5.55. The third-order valence-electron chi connectivity index (χ3n) is 2.69. The Morgan fingerprint density at radius 3 is 2.76 bits per heavy atom. The molecule has 0 bridgehead atoms. The van der Waals surface area contributed by atoms with Crippen molar-refractivity contribution in [3.05, 3.63) is 29.3 Å². The van der Waals surface area contributed by atoms with E-state index < -0.39 is 10.1 Å². The van der Waals surface area contributed by atoms with Gasteiger partial charge in [-0.1, -0.05) is 12.1 Å². The maximum atomic E-state index is 11.2. The first-order valence-corrected chi connectivity index (χ1v) is 7.39. The molecule has 0 N–H and O–H groups in total. The lowest BCUT2D eigenvalue weighted by Crippen LogP contribution is -2.09. The van der Waals surface area contributed by atoms with Crippen LogP contribution in [0.25, 0.3) is 0 Å². The molecule has 0 saturated carbocycles. The lowest BCUT2D eigenvalue weighted by Gasteiger charge is -2.15. The molecule has 0 aliphatic carbocycles. The zero-order valence-electron chi connectivity index (χ0n) is 9.97. The molecule has 1 aliphatic rings. The topological polar surface area (TPSA) is 52.6 Å². The molecule has 94 valence electrons. The highest BCUT2D eigenvalue weighted by molar-refractivity contribution is 7.86. The van der Waals surface area contributed by atoms with Crippen molar-refractivity contribution in [2.75, 3.05) is 12.9 Å². The Kier molecular flexibility index (Phi) is 3.40. The quantitative estimate of drug-likeness (QED) is 0.778. The monoisotopic (exact) mass is 256 g/mol. The van der Waals surface area contributed by atoms with Gasteiger partial charge in [0.1, 0.15) is 5.75 Å². The van der Waals surface area contributed by atoms with Gasteiger partial charge in [-0.3, -0.25) is 0 Å². The zero-order chi connectivity index (χ0) is 12.5. The summed E-state index contributed by atoms with van der Waals surface area (Å²) in [7, 11) is -3.50. The van der Waals surface area contributed by atoms with E-state index in [0.29, 0.717) is 5.75 Å². The molecule has 1 aromatic carbocycles. The van der Waals surface area contributed by atoms with Gasteiger partial charge in [-0.05, 0) is 31.4 Å². The summed E-state index contributed by atoms with van der Waals surface area (Å²) in [5.74, 6) is 0.388. The van der Waals surface area contributed by atoms with Crippen molar-refractivity contribution < 1.29 is 17.3 Å². The van der Waals surface area contributed by atoms with E-state index in [1.54, 1.807) is 6.07 Å². The van der Waals surface area contributed by atoms with Gasteiger partial charge < -0.3 is 8.92 Å². The number of aryl methyl sites for hydroxylation is 1. The Labute approximate surface area is 102 Å². The Morgan fingerprint density at radius 1 is 1.41 bits per heavy atom. The molecule has 0 spiro atoms. The number of hydrogen-bond acceptors (Lipinski definition) is 4. The van der Waals surface area contributed by atoms with Gasteiger partial charge in [0.2, 0.25) is 0 Å². The Bertz CT molecular complexity index is 501. The second-order valence-electron chi connectivity index (χ2n) is 4.33. The Balaban J connectivity index is 2.36. The van der Waals surface area contributed by atoms with Crippen LogP contribution in [0.3, 0.4) is 0 Å². The summed E-state index contributed by atoms with van der Waals surface area (Å²) in [5.41, 5.74) is 1.78. The maximum Gasteiger partial charge on any atom is 0.306 e. The van der Waals surface area contributed by atoms with E-state index in [-0.39, 0.29) is 6.10 Å². The molecular formula is C12H16O4S. The van der Waals surface area contributed by atoms with Crippen LogP contribution in [0.2, 0.25) is 0 Å². The van der Waals surface area contributed by atoms with Gasteiger partial charge in [0.05, 0.1) is 12.4 Å². The zero-order valence-corrected chi connectivity index (χ0v) is 10.8. The van der Waals surface area contributed by atoms with Gasteiger partial charge in [0.25, 0.3) is 0 Å². The summed E-state index contributed by atoms with van der Waals surface area (Å²) in [4.78, 5) is 0. The summed E-state index contributed by atoms with van der Waals surface area (Å²) >= 11 is 0. The van der Waals surface area contributed by atoms with E-state index >= 15 is 0 Å². The van der Waals surface area contributed by atoms with Crippen molar-refractivity contribution >= 4 is 10.1 Å². The van der Waals surface area contributed by atoms with Crippen LogP contribution in [0.5, 0.6) is 5.75 Å². The normalized spacial score (nSPS) is 20.5. The summed E-state index contributed by atoms with van der Waals surface area (Å²) in [6.45, 7) is 2.62. The van der Waals surface area contributed by atoms with Crippen LogP contribution in [0, 0.1) is 6.92 Å². The van der Waals surface area contributed by atoms with Gasteiger partial charge in [0.15, 0.2) is 0 Å². The van der Waals surface area contributed by atoms with Crippen molar-refractivity contribution in [2.24, 2.45) is 0 Å². The largest absolute Gasteiger partial charge is 0.382 e. The predicted molar refractivity (Wildman–Crippen MR) is 64.6 cm³/mol. The second kappa shape index (κ2) is 4.66. The van der Waals surface area contributed by atoms with Gasteiger partial charge in [-0.15, -0.1) is 0 Å². The first-order chi connectivity index (χ1) is 7.96. The van der Waals surface area contributed by atoms with Crippen molar-refractivity contribution in [3.63, 3.8) is 0 Å². The van der Waals surface area contributed by atoms with Crippen molar-refractivity contribution in [3.8, 4) is 5.75 Å². The first-order valence-electron chi connectivity index (χ1n) is 5.57. The summed E-state index contributed by atoms with van der Waals surface area (Å²) < 4.78 is 33.0. The lowest BCUT2D eigenvalue weighted by molar-refractivity contribution is 0.110. The molecule has 0 aromatic heterocycles. The van der Waals surface area contributed by atoms with Crippen molar-refractivity contribution in [2.45, 2.75) is 25.9 Å². The summed E-state index contributed by atoms with van der Waals surface area (Å²) in [6.07, 6.45) is 2.90. The van der Waals surface area contributed by atoms with Gasteiger partial charge >= 0.3 is 10.1 Å². The van der Waals surface area contributed by atoms with E-state index in [4.69, 9.17) is 8.92 Å². The number of hydrogen-bond donors (Lipinski definition) is 0. The van der Waals surface area contributed by atoms with E-state index in [2.05, 4.69) is 0 Å². The Morgan fingerprint density at radius 2 is 2.18 bits per heavy atom. The minimum absolute atomic E-state index is 0.0488. The molecule has 0 radical (unpaired) electrons. The Hall–Kier alpha value is -1.07. The highest BCUT2D eigenvalue weighted by Crippen LogP contribution is 2.35. The van der Waals surface area contributed by atoms with Crippen molar-refractivity contribution in [1.29, 1.82) is 0 Å². The molecule has 0 amide bonds. The molecule has 1 atom stereocenters.